The quantitative estimate of drug-likeness (QED) is 0.269. The predicted octanol–water partition coefficient (Wildman–Crippen LogP) is 8.48. The molecule has 0 saturated heterocycles. The Hall–Kier alpha value is -2.94. The van der Waals surface area contributed by atoms with Crippen LogP contribution >= 0.6 is 0 Å². The van der Waals surface area contributed by atoms with Crippen molar-refractivity contribution in [3.8, 4) is 22.3 Å². The van der Waals surface area contributed by atoms with Crippen LogP contribution in [0.2, 0.25) is 0 Å². The van der Waals surface area contributed by atoms with Crippen molar-refractivity contribution in [1.29, 1.82) is 0 Å². The van der Waals surface area contributed by atoms with Gasteiger partial charge >= 0.3 is 0 Å². The molecular formula is C33H47N3. The van der Waals surface area contributed by atoms with E-state index in [9.17, 15) is 0 Å². The molecule has 3 rings (SSSR count). The van der Waals surface area contributed by atoms with E-state index in [0.717, 1.165) is 50.5 Å². The van der Waals surface area contributed by atoms with Crippen LogP contribution in [0.25, 0.3) is 22.3 Å². The molecule has 0 aliphatic rings. The summed E-state index contributed by atoms with van der Waals surface area (Å²) in [5.41, 5.74) is 12.2. The molecule has 194 valence electrons. The molecule has 0 saturated carbocycles. The van der Waals surface area contributed by atoms with Crippen LogP contribution in [0.1, 0.15) is 59.6 Å². The summed E-state index contributed by atoms with van der Waals surface area (Å²) < 4.78 is 9.08. The Morgan fingerprint density at radius 3 is 1.33 bits per heavy atom. The highest BCUT2D eigenvalue weighted by atomic mass is 15.1. The summed E-state index contributed by atoms with van der Waals surface area (Å²) in [5, 5.41) is 0. The molecule has 0 aliphatic carbocycles. The Labute approximate surface area is 222 Å². The second-order valence-corrected chi connectivity index (χ2v) is 9.59. The molecule has 36 heavy (non-hydrogen) atoms. The summed E-state index contributed by atoms with van der Waals surface area (Å²) in [5.74, 6) is 0. The maximum absolute atomic E-state index is 9.08. The van der Waals surface area contributed by atoms with Crippen molar-refractivity contribution < 1.29 is 1.37 Å². The number of anilines is 3. The molecule has 0 unspecified atom stereocenters. The first kappa shape index (κ1) is 26.1. The minimum Gasteiger partial charge on any atom is -0.372 e. The number of benzene rings is 3. The van der Waals surface area contributed by atoms with Crippen molar-refractivity contribution in [3.63, 3.8) is 0 Å². The number of hydrogen-bond acceptors (Lipinski definition) is 3. The molecule has 0 bridgehead atoms. The van der Waals surface area contributed by atoms with Crippen LogP contribution in [0, 0.1) is 20.8 Å². The fourth-order valence-electron chi connectivity index (χ4n) is 5.46. The summed E-state index contributed by atoms with van der Waals surface area (Å²) in [6.45, 7) is 25.5. The van der Waals surface area contributed by atoms with Crippen molar-refractivity contribution in [3.05, 3.63) is 65.2 Å². The van der Waals surface area contributed by atoms with Crippen LogP contribution in [0.3, 0.4) is 0 Å². The minimum atomic E-state index is 0.601. The third kappa shape index (κ3) is 5.40. The number of hydrogen-bond donors (Lipinski definition) is 0. The maximum atomic E-state index is 9.08. The second-order valence-electron chi connectivity index (χ2n) is 9.59. The first-order chi connectivity index (χ1) is 17.8. The van der Waals surface area contributed by atoms with Gasteiger partial charge in [0.2, 0.25) is 0 Å². The van der Waals surface area contributed by atoms with Gasteiger partial charge in [0.05, 0.1) is 1.37 Å². The van der Waals surface area contributed by atoms with Crippen molar-refractivity contribution in [1.82, 2.24) is 0 Å². The summed E-state index contributed by atoms with van der Waals surface area (Å²) in [6.07, 6.45) is 0. The van der Waals surface area contributed by atoms with E-state index in [4.69, 9.17) is 1.37 Å². The molecule has 3 nitrogen and oxygen atoms in total. The molecule has 0 heterocycles. The summed E-state index contributed by atoms with van der Waals surface area (Å²) in [4.78, 5) is 7.14. The lowest BCUT2D eigenvalue weighted by Gasteiger charge is -2.29. The van der Waals surface area contributed by atoms with Crippen molar-refractivity contribution in [2.45, 2.75) is 62.3 Å². The van der Waals surface area contributed by atoms with Crippen molar-refractivity contribution >= 4 is 17.1 Å². The maximum Gasteiger partial charge on any atom is 0.0645 e. The summed E-state index contributed by atoms with van der Waals surface area (Å²) in [6, 6.07) is 16.4. The van der Waals surface area contributed by atoms with E-state index in [1.165, 1.54) is 44.8 Å². The zero-order valence-electron chi connectivity index (χ0n) is 25.1. The van der Waals surface area contributed by atoms with Crippen LogP contribution in [0.5, 0.6) is 0 Å². The zero-order valence-corrected chi connectivity index (χ0v) is 24.1. The molecular weight excluding hydrogens is 438 g/mol. The van der Waals surface area contributed by atoms with E-state index in [2.05, 4.69) is 119 Å². The second kappa shape index (κ2) is 12.3. The Balaban J connectivity index is 2.37. The standard InChI is InChI=1S/C33H47N3/c1-10-34(11-2)27-17-19-29(25(8)22-27)32-24(7)16-21-31(36(14-5)15-6)33(32)30-20-18-28(23-26(30)9)35(12-3)13-4/h16-23H,10-15H2,1-9H3/i21D. The topological polar surface area (TPSA) is 9.72 Å². The fraction of sp³-hybridized carbons (Fsp3) is 0.455. The molecule has 0 radical (unpaired) electrons. The lowest BCUT2D eigenvalue weighted by Crippen LogP contribution is -2.23. The van der Waals surface area contributed by atoms with Crippen molar-refractivity contribution in [2.24, 2.45) is 0 Å². The number of nitrogens with zero attached hydrogens (tertiary/aromatic N) is 3. The van der Waals surface area contributed by atoms with Gasteiger partial charge in [-0.15, -0.1) is 0 Å². The SMILES string of the molecule is [2H]c1cc(C)c(-c2ccc(N(CC)CC)cc2C)c(-c2ccc(N(CC)CC)cc2C)c1N(CC)CC. The third-order valence-electron chi connectivity index (χ3n) is 7.60. The van der Waals surface area contributed by atoms with Gasteiger partial charge in [0, 0.05) is 61.9 Å². The molecule has 0 aromatic heterocycles. The first-order valence-corrected chi connectivity index (χ1v) is 13.9. The van der Waals surface area contributed by atoms with E-state index >= 15 is 0 Å². The molecule has 3 aromatic rings. The zero-order chi connectivity index (χ0) is 27.3. The minimum absolute atomic E-state index is 0.601. The lowest BCUT2D eigenvalue weighted by molar-refractivity contribution is 0.864. The molecule has 0 amide bonds. The molecule has 0 N–H and O–H groups in total. The molecule has 3 aromatic carbocycles. The van der Waals surface area contributed by atoms with Gasteiger partial charge in [0.1, 0.15) is 0 Å². The highest BCUT2D eigenvalue weighted by molar-refractivity contribution is 5.96. The van der Waals surface area contributed by atoms with Gasteiger partial charge in [-0.3, -0.25) is 0 Å². The lowest BCUT2D eigenvalue weighted by atomic mass is 9.85. The van der Waals surface area contributed by atoms with E-state index in [1.54, 1.807) is 0 Å². The van der Waals surface area contributed by atoms with E-state index in [0.29, 0.717) is 6.04 Å². The monoisotopic (exact) mass is 486 g/mol. The molecule has 0 spiro atoms. The normalized spacial score (nSPS) is 11.4. The van der Waals surface area contributed by atoms with Crippen LogP contribution in [-0.4, -0.2) is 39.3 Å². The highest BCUT2D eigenvalue weighted by Gasteiger charge is 2.21. The Morgan fingerprint density at radius 1 is 0.528 bits per heavy atom. The number of aryl methyl sites for hydroxylation is 3. The van der Waals surface area contributed by atoms with E-state index < -0.39 is 0 Å². The van der Waals surface area contributed by atoms with Gasteiger partial charge in [-0.25, -0.2) is 0 Å². The van der Waals surface area contributed by atoms with Crippen LogP contribution in [-0.2, 0) is 0 Å². The predicted molar refractivity (Wildman–Crippen MR) is 162 cm³/mol. The van der Waals surface area contributed by atoms with Gasteiger partial charge in [-0.05, 0) is 126 Å². The third-order valence-corrected chi connectivity index (χ3v) is 7.60. The Bertz CT molecular complexity index is 1200. The van der Waals surface area contributed by atoms with Gasteiger partial charge < -0.3 is 14.7 Å². The average Bonchev–Trinajstić information content (AvgIpc) is 2.88. The largest absolute Gasteiger partial charge is 0.372 e. The average molecular weight is 487 g/mol. The summed E-state index contributed by atoms with van der Waals surface area (Å²) in [7, 11) is 0. The Morgan fingerprint density at radius 2 is 0.944 bits per heavy atom. The van der Waals surface area contributed by atoms with Gasteiger partial charge in [-0.2, -0.15) is 0 Å². The molecule has 3 heteroatoms. The molecule has 0 atom stereocenters. The fourth-order valence-corrected chi connectivity index (χ4v) is 5.46. The highest BCUT2D eigenvalue weighted by Crippen LogP contribution is 2.45. The van der Waals surface area contributed by atoms with E-state index in [-0.39, 0.29) is 0 Å². The van der Waals surface area contributed by atoms with Crippen LogP contribution in [0.15, 0.2) is 48.5 Å². The van der Waals surface area contributed by atoms with E-state index in [1.807, 2.05) is 0 Å². The van der Waals surface area contributed by atoms with Crippen molar-refractivity contribution in [2.75, 3.05) is 54.0 Å². The summed E-state index contributed by atoms with van der Waals surface area (Å²) >= 11 is 0. The van der Waals surface area contributed by atoms with Gasteiger partial charge in [0.25, 0.3) is 0 Å². The van der Waals surface area contributed by atoms with Crippen LogP contribution in [0.4, 0.5) is 17.1 Å². The molecule has 0 aliphatic heterocycles. The number of rotatable bonds is 11. The van der Waals surface area contributed by atoms with Crippen LogP contribution < -0.4 is 14.7 Å². The Kier molecular flexibility index (Phi) is 8.96. The first-order valence-electron chi connectivity index (χ1n) is 14.4. The van der Waals surface area contributed by atoms with Gasteiger partial charge in [-0.1, -0.05) is 18.2 Å². The smallest absolute Gasteiger partial charge is 0.0645 e. The van der Waals surface area contributed by atoms with Gasteiger partial charge in [0.15, 0.2) is 0 Å². The molecule has 0 fully saturated rings.